The second-order valence-electron chi connectivity index (χ2n) is 5.45. The minimum absolute atomic E-state index is 0.123. The monoisotopic (exact) mass is 260 g/mol. The fourth-order valence-corrected chi connectivity index (χ4v) is 2.96. The maximum absolute atomic E-state index is 12.7. The van der Waals surface area contributed by atoms with Gasteiger partial charge in [0.2, 0.25) is 0 Å². The van der Waals surface area contributed by atoms with Gasteiger partial charge in [-0.1, -0.05) is 25.1 Å². The topological polar surface area (TPSA) is 41.6 Å². The molecule has 2 heterocycles. The zero-order chi connectivity index (χ0) is 13.4. The van der Waals surface area contributed by atoms with Crippen molar-refractivity contribution in [1.29, 1.82) is 0 Å². The van der Waals surface area contributed by atoms with Gasteiger partial charge in [0.05, 0.1) is 0 Å². The Hall–Kier alpha value is -1.55. The van der Waals surface area contributed by atoms with E-state index >= 15 is 0 Å². The van der Waals surface area contributed by atoms with E-state index in [1.54, 1.807) is 0 Å². The maximum Gasteiger partial charge on any atom is 0.264 e. The van der Waals surface area contributed by atoms with Crippen LogP contribution in [0.5, 0.6) is 5.75 Å². The molecule has 19 heavy (non-hydrogen) atoms. The van der Waals surface area contributed by atoms with Crippen molar-refractivity contribution in [1.82, 2.24) is 10.2 Å². The highest BCUT2D eigenvalue weighted by molar-refractivity contribution is 5.84. The molecule has 0 saturated carbocycles. The number of nitrogens with zero attached hydrogens (tertiary/aromatic N) is 1. The maximum atomic E-state index is 12.7. The molecule has 4 nitrogen and oxygen atoms in total. The van der Waals surface area contributed by atoms with Gasteiger partial charge in [0.15, 0.2) is 6.10 Å². The van der Waals surface area contributed by atoms with Gasteiger partial charge in [-0.15, -0.1) is 0 Å². The average Bonchev–Trinajstić information content (AvgIpc) is 2.77. The van der Waals surface area contributed by atoms with Crippen LogP contribution < -0.4 is 10.1 Å². The third kappa shape index (κ3) is 2.10. The molecule has 0 unspecified atom stereocenters. The molecule has 1 N–H and O–H groups in total. The smallest absolute Gasteiger partial charge is 0.264 e. The molecule has 0 aliphatic carbocycles. The molecule has 3 atom stereocenters. The fraction of sp³-hybridized carbons (Fsp3) is 0.533. The van der Waals surface area contributed by atoms with Crippen molar-refractivity contribution in [3.8, 4) is 5.75 Å². The molecule has 4 heteroatoms. The predicted molar refractivity (Wildman–Crippen MR) is 73.3 cm³/mol. The van der Waals surface area contributed by atoms with Gasteiger partial charge in [0, 0.05) is 37.2 Å². The van der Waals surface area contributed by atoms with Crippen LogP contribution in [0.3, 0.4) is 0 Å². The van der Waals surface area contributed by atoms with Crippen LogP contribution in [0.25, 0.3) is 0 Å². The number of para-hydroxylation sites is 1. The number of hydrogen-bond acceptors (Lipinski definition) is 3. The van der Waals surface area contributed by atoms with Gasteiger partial charge in [-0.2, -0.15) is 0 Å². The summed E-state index contributed by atoms with van der Waals surface area (Å²) in [4.78, 5) is 14.6. The number of piperazine rings is 1. The second kappa shape index (κ2) is 4.85. The Morgan fingerprint density at radius 2 is 2.16 bits per heavy atom. The molecule has 1 fully saturated rings. The molecule has 1 aromatic carbocycles. The van der Waals surface area contributed by atoms with Gasteiger partial charge >= 0.3 is 0 Å². The van der Waals surface area contributed by atoms with Crippen LogP contribution in [0.15, 0.2) is 24.3 Å². The highest BCUT2D eigenvalue weighted by Crippen LogP contribution is 2.38. The summed E-state index contributed by atoms with van der Waals surface area (Å²) in [7, 11) is 0. The Labute approximate surface area is 113 Å². The number of ether oxygens (including phenoxy) is 1. The molecule has 0 aromatic heterocycles. The number of carbonyl (C=O) groups excluding carboxylic acids is 1. The van der Waals surface area contributed by atoms with E-state index in [9.17, 15) is 4.79 Å². The molecule has 1 aromatic rings. The van der Waals surface area contributed by atoms with E-state index in [1.807, 2.05) is 23.1 Å². The first-order valence-electron chi connectivity index (χ1n) is 6.95. The van der Waals surface area contributed by atoms with Crippen molar-refractivity contribution >= 4 is 5.91 Å². The van der Waals surface area contributed by atoms with Crippen molar-refractivity contribution in [2.75, 3.05) is 19.6 Å². The van der Waals surface area contributed by atoms with Crippen LogP contribution in [-0.4, -0.2) is 42.6 Å². The Morgan fingerprint density at radius 1 is 1.37 bits per heavy atom. The van der Waals surface area contributed by atoms with Crippen molar-refractivity contribution in [2.24, 2.45) is 0 Å². The first-order chi connectivity index (χ1) is 9.18. The largest absolute Gasteiger partial charge is 0.480 e. The molecule has 1 amide bonds. The Balaban J connectivity index is 1.79. The summed E-state index contributed by atoms with van der Waals surface area (Å²) in [5.41, 5.74) is 1.14. The molecule has 102 valence electrons. The van der Waals surface area contributed by atoms with Gasteiger partial charge in [-0.05, 0) is 13.0 Å². The number of nitrogens with one attached hydrogen (secondary N) is 1. The minimum Gasteiger partial charge on any atom is -0.480 e. The summed E-state index contributed by atoms with van der Waals surface area (Å²) in [5.74, 6) is 1.11. The Bertz CT molecular complexity index is 489. The lowest BCUT2D eigenvalue weighted by atomic mass is 9.96. The van der Waals surface area contributed by atoms with E-state index < -0.39 is 0 Å². The number of hydrogen-bond donors (Lipinski definition) is 1. The number of benzene rings is 1. The standard InChI is InChI=1S/C15H20N2O2/c1-10-9-16-7-8-17(10)15(18)14-11(2)12-5-3-4-6-13(12)19-14/h3-6,10-11,14,16H,7-9H2,1-2H3/t10-,11+,14-/m0/s1. The lowest BCUT2D eigenvalue weighted by molar-refractivity contribution is -0.141. The van der Waals surface area contributed by atoms with Gasteiger partial charge in [-0.3, -0.25) is 4.79 Å². The molecule has 2 aliphatic rings. The second-order valence-corrected chi connectivity index (χ2v) is 5.45. The quantitative estimate of drug-likeness (QED) is 0.829. The van der Waals surface area contributed by atoms with Crippen molar-refractivity contribution < 1.29 is 9.53 Å². The number of amides is 1. The van der Waals surface area contributed by atoms with Gasteiger partial charge in [0.1, 0.15) is 5.75 Å². The highest BCUT2D eigenvalue weighted by Gasteiger charge is 2.39. The molecule has 0 radical (unpaired) electrons. The molecule has 1 saturated heterocycles. The number of fused-ring (bicyclic) bond motifs is 1. The van der Waals surface area contributed by atoms with E-state index in [4.69, 9.17) is 4.74 Å². The third-order valence-corrected chi connectivity index (χ3v) is 4.15. The molecular formula is C15H20N2O2. The van der Waals surface area contributed by atoms with Crippen molar-refractivity contribution in [3.05, 3.63) is 29.8 Å². The van der Waals surface area contributed by atoms with Gasteiger partial charge in [0.25, 0.3) is 5.91 Å². The SMILES string of the molecule is C[C@@H]1c2ccccc2O[C@@H]1C(=O)N1CCNC[C@@H]1C. The molecule has 3 rings (SSSR count). The number of carbonyl (C=O) groups is 1. The highest BCUT2D eigenvalue weighted by atomic mass is 16.5. The predicted octanol–water partition coefficient (Wildman–Crippen LogP) is 1.37. The Kier molecular flexibility index (Phi) is 3.19. The summed E-state index contributed by atoms with van der Waals surface area (Å²) >= 11 is 0. The lowest BCUT2D eigenvalue weighted by Crippen LogP contribution is -2.55. The third-order valence-electron chi connectivity index (χ3n) is 4.15. The summed E-state index contributed by atoms with van der Waals surface area (Å²) in [5, 5.41) is 3.30. The summed E-state index contributed by atoms with van der Waals surface area (Å²) in [6.07, 6.45) is -0.363. The van der Waals surface area contributed by atoms with E-state index in [2.05, 4.69) is 25.2 Å². The van der Waals surface area contributed by atoms with E-state index in [-0.39, 0.29) is 24.0 Å². The van der Waals surface area contributed by atoms with Crippen LogP contribution in [0, 0.1) is 0 Å². The fourth-order valence-electron chi connectivity index (χ4n) is 2.96. The minimum atomic E-state index is -0.363. The summed E-state index contributed by atoms with van der Waals surface area (Å²) < 4.78 is 5.87. The average molecular weight is 260 g/mol. The first-order valence-corrected chi connectivity index (χ1v) is 6.95. The summed E-state index contributed by atoms with van der Waals surface area (Å²) in [6.45, 7) is 6.64. The van der Waals surface area contributed by atoms with E-state index in [0.717, 1.165) is 30.9 Å². The molecule has 0 bridgehead atoms. The van der Waals surface area contributed by atoms with Crippen LogP contribution in [0.4, 0.5) is 0 Å². The van der Waals surface area contributed by atoms with Crippen LogP contribution in [0.2, 0.25) is 0 Å². The van der Waals surface area contributed by atoms with Gasteiger partial charge < -0.3 is 15.0 Å². The number of rotatable bonds is 1. The molecule has 0 spiro atoms. The van der Waals surface area contributed by atoms with E-state index in [0.29, 0.717) is 0 Å². The van der Waals surface area contributed by atoms with Crippen LogP contribution >= 0.6 is 0 Å². The van der Waals surface area contributed by atoms with Crippen LogP contribution in [0.1, 0.15) is 25.3 Å². The van der Waals surface area contributed by atoms with E-state index in [1.165, 1.54) is 0 Å². The van der Waals surface area contributed by atoms with Crippen molar-refractivity contribution in [2.45, 2.75) is 31.9 Å². The van der Waals surface area contributed by atoms with Crippen molar-refractivity contribution in [3.63, 3.8) is 0 Å². The van der Waals surface area contributed by atoms with Crippen LogP contribution in [-0.2, 0) is 4.79 Å². The Morgan fingerprint density at radius 3 is 2.89 bits per heavy atom. The summed E-state index contributed by atoms with van der Waals surface area (Å²) in [6, 6.07) is 8.18. The zero-order valence-electron chi connectivity index (χ0n) is 11.4. The molecule has 2 aliphatic heterocycles. The zero-order valence-corrected chi connectivity index (χ0v) is 11.4. The normalized spacial score (nSPS) is 29.8. The molecular weight excluding hydrogens is 240 g/mol. The first kappa shape index (κ1) is 12.5. The lowest BCUT2D eigenvalue weighted by Gasteiger charge is -2.36. The van der Waals surface area contributed by atoms with Gasteiger partial charge in [-0.25, -0.2) is 0 Å².